The van der Waals surface area contributed by atoms with Crippen molar-refractivity contribution in [2.75, 3.05) is 17.2 Å². The van der Waals surface area contributed by atoms with Gasteiger partial charge < -0.3 is 15.4 Å². The zero-order valence-corrected chi connectivity index (χ0v) is 11.8. The summed E-state index contributed by atoms with van der Waals surface area (Å²) >= 11 is 0. The van der Waals surface area contributed by atoms with E-state index >= 15 is 0 Å². The Hall–Kier alpha value is -2.57. The highest BCUT2D eigenvalue weighted by atomic mass is 16.5. The molecule has 7 heteroatoms. The molecule has 4 rings (SSSR count). The van der Waals surface area contributed by atoms with E-state index in [0.29, 0.717) is 17.1 Å². The maximum absolute atomic E-state index is 12.3. The molecule has 3 amide bonds. The minimum Gasteiger partial charge on any atom is -0.482 e. The third-order valence-electron chi connectivity index (χ3n) is 4.05. The number of imide groups is 1. The van der Waals surface area contributed by atoms with Crippen LogP contribution in [0.3, 0.4) is 0 Å². The number of hydrogen-bond acceptors (Lipinski definition) is 5. The summed E-state index contributed by atoms with van der Waals surface area (Å²) in [5.41, 5.74) is 1.24. The average Bonchev–Trinajstić information content (AvgIpc) is 3.27. The number of benzene rings is 1. The van der Waals surface area contributed by atoms with Gasteiger partial charge in [0.25, 0.3) is 11.8 Å². The van der Waals surface area contributed by atoms with Crippen LogP contribution in [0.1, 0.15) is 19.3 Å². The van der Waals surface area contributed by atoms with Crippen LogP contribution in [0.25, 0.3) is 0 Å². The standard InChI is InChI=1S/C15H15N3O4/c19-13-7-22-12-4-1-8(5-10(12)17-13)16-11-6-14(20)18(15(11)21)9-2-3-9/h1,4-5,9,11,16H,2-3,6-7H2,(H,17,19)/t11-/m0/s1. The highest BCUT2D eigenvalue weighted by Crippen LogP contribution is 2.34. The van der Waals surface area contributed by atoms with Crippen molar-refractivity contribution in [1.29, 1.82) is 0 Å². The Kier molecular flexibility index (Phi) is 2.82. The normalized spacial score (nSPS) is 23.9. The Labute approximate surface area is 126 Å². The highest BCUT2D eigenvalue weighted by molar-refractivity contribution is 6.07. The molecule has 1 atom stereocenters. The number of nitrogens with one attached hydrogen (secondary N) is 2. The molecule has 2 N–H and O–H groups in total. The summed E-state index contributed by atoms with van der Waals surface area (Å²) in [6.07, 6.45) is 1.99. The van der Waals surface area contributed by atoms with Crippen molar-refractivity contribution in [1.82, 2.24) is 4.90 Å². The molecular weight excluding hydrogens is 286 g/mol. The maximum atomic E-state index is 12.3. The number of amides is 3. The molecule has 0 bridgehead atoms. The van der Waals surface area contributed by atoms with Gasteiger partial charge in [0.2, 0.25) is 5.91 Å². The van der Waals surface area contributed by atoms with Crippen LogP contribution in [-0.4, -0.2) is 41.3 Å². The Bertz CT molecular complexity index is 683. The fourth-order valence-corrected chi connectivity index (χ4v) is 2.85. The molecule has 1 aromatic rings. The smallest absolute Gasteiger partial charge is 0.262 e. The molecule has 0 radical (unpaired) electrons. The third-order valence-corrected chi connectivity index (χ3v) is 4.05. The number of carbonyl (C=O) groups excluding carboxylic acids is 3. The van der Waals surface area contributed by atoms with E-state index in [9.17, 15) is 14.4 Å². The summed E-state index contributed by atoms with van der Waals surface area (Å²) in [7, 11) is 0. The molecule has 0 aromatic heterocycles. The zero-order valence-electron chi connectivity index (χ0n) is 11.8. The first-order valence-corrected chi connectivity index (χ1v) is 7.31. The van der Waals surface area contributed by atoms with Gasteiger partial charge in [-0.15, -0.1) is 0 Å². The zero-order chi connectivity index (χ0) is 15.3. The van der Waals surface area contributed by atoms with Crippen LogP contribution in [0.4, 0.5) is 11.4 Å². The molecule has 2 fully saturated rings. The fraction of sp³-hybridized carbons (Fsp3) is 0.400. The lowest BCUT2D eigenvalue weighted by atomic mass is 10.2. The van der Waals surface area contributed by atoms with E-state index in [0.717, 1.165) is 12.8 Å². The van der Waals surface area contributed by atoms with Gasteiger partial charge in [0.1, 0.15) is 11.8 Å². The SMILES string of the molecule is O=C1COc2ccc(N[C@H]3CC(=O)N(C4CC4)C3=O)cc2N1. The van der Waals surface area contributed by atoms with Crippen LogP contribution in [0.2, 0.25) is 0 Å². The maximum Gasteiger partial charge on any atom is 0.262 e. The lowest BCUT2D eigenvalue weighted by molar-refractivity contribution is -0.139. The monoisotopic (exact) mass is 301 g/mol. The van der Waals surface area contributed by atoms with Gasteiger partial charge in [-0.2, -0.15) is 0 Å². The van der Waals surface area contributed by atoms with Crippen molar-refractivity contribution in [3.05, 3.63) is 18.2 Å². The lowest BCUT2D eigenvalue weighted by Crippen LogP contribution is -2.36. The van der Waals surface area contributed by atoms with Gasteiger partial charge in [0.05, 0.1) is 12.1 Å². The number of carbonyl (C=O) groups is 3. The van der Waals surface area contributed by atoms with E-state index in [1.807, 2.05) is 0 Å². The topological polar surface area (TPSA) is 87.7 Å². The molecule has 2 heterocycles. The van der Waals surface area contributed by atoms with E-state index in [1.54, 1.807) is 18.2 Å². The summed E-state index contributed by atoms with van der Waals surface area (Å²) in [6.45, 7) is 0.00569. The van der Waals surface area contributed by atoms with Crippen molar-refractivity contribution < 1.29 is 19.1 Å². The summed E-state index contributed by atoms with van der Waals surface area (Å²) < 4.78 is 5.29. The first-order valence-electron chi connectivity index (χ1n) is 7.31. The minimum atomic E-state index is -0.536. The van der Waals surface area contributed by atoms with Gasteiger partial charge >= 0.3 is 0 Å². The number of nitrogens with zero attached hydrogens (tertiary/aromatic N) is 1. The van der Waals surface area contributed by atoms with Gasteiger partial charge in [-0.1, -0.05) is 0 Å². The summed E-state index contributed by atoms with van der Waals surface area (Å²) in [5, 5.41) is 5.80. The Morgan fingerprint density at radius 1 is 1.23 bits per heavy atom. The molecule has 0 unspecified atom stereocenters. The molecule has 1 aliphatic carbocycles. The van der Waals surface area contributed by atoms with Crippen LogP contribution < -0.4 is 15.4 Å². The van der Waals surface area contributed by atoms with Gasteiger partial charge in [-0.3, -0.25) is 19.3 Å². The van der Waals surface area contributed by atoms with Crippen molar-refractivity contribution in [2.45, 2.75) is 31.3 Å². The molecule has 7 nitrogen and oxygen atoms in total. The fourth-order valence-electron chi connectivity index (χ4n) is 2.85. The van der Waals surface area contributed by atoms with Crippen LogP contribution in [0, 0.1) is 0 Å². The largest absolute Gasteiger partial charge is 0.482 e. The molecule has 1 aromatic carbocycles. The Balaban J connectivity index is 1.52. The quantitative estimate of drug-likeness (QED) is 0.803. The number of hydrogen-bond donors (Lipinski definition) is 2. The first kappa shape index (κ1) is 13.1. The van der Waals surface area contributed by atoms with Crippen LogP contribution in [0.5, 0.6) is 5.75 Å². The molecule has 3 aliphatic rings. The lowest BCUT2D eigenvalue weighted by Gasteiger charge is -2.20. The number of likely N-dealkylation sites (tertiary alicyclic amines) is 1. The third kappa shape index (κ3) is 2.18. The van der Waals surface area contributed by atoms with Crippen molar-refractivity contribution in [3.63, 3.8) is 0 Å². The molecule has 22 heavy (non-hydrogen) atoms. The summed E-state index contributed by atoms with van der Waals surface area (Å²) in [4.78, 5) is 37.0. The van der Waals surface area contributed by atoms with Crippen LogP contribution >= 0.6 is 0 Å². The predicted molar refractivity (Wildman–Crippen MR) is 77.5 cm³/mol. The van der Waals surface area contributed by atoms with E-state index in [1.165, 1.54) is 4.90 Å². The van der Waals surface area contributed by atoms with Gasteiger partial charge in [0, 0.05) is 11.7 Å². The Morgan fingerprint density at radius 3 is 2.82 bits per heavy atom. The second kappa shape index (κ2) is 4.72. The first-order chi connectivity index (χ1) is 10.6. The van der Waals surface area contributed by atoms with Crippen molar-refractivity contribution in [2.24, 2.45) is 0 Å². The number of ether oxygens (including phenoxy) is 1. The van der Waals surface area contributed by atoms with Crippen LogP contribution in [-0.2, 0) is 14.4 Å². The molecule has 114 valence electrons. The van der Waals surface area contributed by atoms with Gasteiger partial charge in [-0.05, 0) is 31.0 Å². The predicted octanol–water partition coefficient (Wildman–Crippen LogP) is 0.719. The second-order valence-electron chi connectivity index (χ2n) is 5.78. The average molecular weight is 301 g/mol. The number of fused-ring (bicyclic) bond motifs is 1. The highest BCUT2D eigenvalue weighted by Gasteiger charge is 2.46. The molecular formula is C15H15N3O4. The molecule has 1 saturated carbocycles. The van der Waals surface area contributed by atoms with E-state index in [2.05, 4.69) is 10.6 Å². The van der Waals surface area contributed by atoms with Gasteiger partial charge in [-0.25, -0.2) is 0 Å². The van der Waals surface area contributed by atoms with E-state index < -0.39 is 6.04 Å². The van der Waals surface area contributed by atoms with E-state index in [-0.39, 0.29) is 36.8 Å². The van der Waals surface area contributed by atoms with Crippen LogP contribution in [0.15, 0.2) is 18.2 Å². The summed E-state index contributed by atoms with van der Waals surface area (Å²) in [5.74, 6) is 0.111. The second-order valence-corrected chi connectivity index (χ2v) is 5.78. The number of anilines is 2. The van der Waals surface area contributed by atoms with Crippen molar-refractivity contribution >= 4 is 29.1 Å². The molecule has 0 spiro atoms. The minimum absolute atomic E-state index is 0.00569. The molecule has 1 saturated heterocycles. The number of rotatable bonds is 3. The Morgan fingerprint density at radius 2 is 2.05 bits per heavy atom. The molecule has 2 aliphatic heterocycles. The van der Waals surface area contributed by atoms with E-state index in [4.69, 9.17) is 4.74 Å². The summed E-state index contributed by atoms with van der Waals surface area (Å²) in [6, 6.07) is 4.78. The van der Waals surface area contributed by atoms with Crippen molar-refractivity contribution in [3.8, 4) is 5.75 Å². The van der Waals surface area contributed by atoms with Gasteiger partial charge in [0.15, 0.2) is 6.61 Å².